The van der Waals surface area contributed by atoms with E-state index >= 15 is 4.39 Å². The molecule has 2 fully saturated rings. The molecule has 1 unspecified atom stereocenters. The number of carboxylic acids is 1. The Morgan fingerprint density at radius 2 is 1.96 bits per heavy atom. The fraction of sp³-hybridized carbons (Fsp3) is 0.375. The van der Waals surface area contributed by atoms with Crippen molar-refractivity contribution in [1.29, 1.82) is 0 Å². The van der Waals surface area contributed by atoms with Gasteiger partial charge in [-0.1, -0.05) is 16.8 Å². The maximum absolute atomic E-state index is 15.8. The molecule has 2 N–H and O–H groups in total. The Morgan fingerprint density at radius 3 is 2.65 bits per heavy atom. The minimum Gasteiger partial charge on any atom is -0.493 e. The summed E-state index contributed by atoms with van der Waals surface area (Å²) in [7, 11) is 1.43. The van der Waals surface area contributed by atoms with E-state index in [0.29, 0.717) is 60.7 Å². The minimum absolute atomic E-state index is 0.0138. The molecule has 1 aliphatic heterocycles. The summed E-state index contributed by atoms with van der Waals surface area (Å²) in [6.07, 6.45) is 4.83. The first-order chi connectivity index (χ1) is 23.1. The normalized spacial score (nSPS) is 17.0. The van der Waals surface area contributed by atoms with Crippen LogP contribution in [-0.2, 0) is 19.6 Å². The summed E-state index contributed by atoms with van der Waals surface area (Å²) in [6.45, 7) is 4.72. The Kier molecular flexibility index (Phi) is 8.03. The molecular weight excluding hydrogens is 647 g/mol. The number of nitrogens with zero attached hydrogens (tertiary/aromatic N) is 8. The Labute approximate surface area is 277 Å². The largest absolute Gasteiger partial charge is 0.493 e. The summed E-state index contributed by atoms with van der Waals surface area (Å²) < 4.78 is 26.6. The summed E-state index contributed by atoms with van der Waals surface area (Å²) in [5, 5.41) is 32.7. The van der Waals surface area contributed by atoms with Crippen LogP contribution in [0.2, 0.25) is 5.02 Å². The number of aryl methyl sites for hydroxylation is 2. The Hall–Kier alpha value is -5.02. The molecule has 14 nitrogen and oxygen atoms in total. The minimum atomic E-state index is -1.35. The average molecular weight is 679 g/mol. The number of hydrogen-bond donors (Lipinski definition) is 2. The first kappa shape index (κ1) is 31.6. The number of aromatic carboxylic acids is 1. The third-order valence-electron chi connectivity index (χ3n) is 9.22. The smallest absolute Gasteiger partial charge is 0.341 e. The quantitative estimate of drug-likeness (QED) is 0.195. The predicted octanol–water partition coefficient (Wildman–Crippen LogP) is 4.90. The monoisotopic (exact) mass is 678 g/mol. The van der Waals surface area contributed by atoms with Gasteiger partial charge in [0.25, 0.3) is 0 Å². The number of ether oxygens (including phenoxy) is 1. The van der Waals surface area contributed by atoms with E-state index in [4.69, 9.17) is 16.3 Å². The number of fused-ring (bicyclic) bond motifs is 2. The van der Waals surface area contributed by atoms with Crippen LogP contribution in [0.15, 0.2) is 46.6 Å². The van der Waals surface area contributed by atoms with Gasteiger partial charge in [-0.2, -0.15) is 0 Å². The lowest BCUT2D eigenvalue weighted by Gasteiger charge is -2.41. The van der Waals surface area contributed by atoms with Crippen molar-refractivity contribution in [2.45, 2.75) is 51.5 Å². The molecule has 0 amide bonds. The number of halogens is 2. The van der Waals surface area contributed by atoms with Gasteiger partial charge in [0.1, 0.15) is 11.3 Å². The molecular formula is C32H32ClFN8O6. The van der Waals surface area contributed by atoms with Gasteiger partial charge in [0, 0.05) is 67.6 Å². The number of benzene rings is 2. The first-order valence-electron chi connectivity index (χ1n) is 15.5. The van der Waals surface area contributed by atoms with Crippen LogP contribution in [0, 0.1) is 10.7 Å². The molecule has 7 rings (SSSR count). The Morgan fingerprint density at radius 1 is 1.17 bits per heavy atom. The van der Waals surface area contributed by atoms with Gasteiger partial charge in [-0.25, -0.2) is 9.18 Å². The van der Waals surface area contributed by atoms with Crippen molar-refractivity contribution >= 4 is 50.8 Å². The zero-order chi connectivity index (χ0) is 33.9. The van der Waals surface area contributed by atoms with E-state index in [1.54, 1.807) is 32.0 Å². The number of anilines is 1. The summed E-state index contributed by atoms with van der Waals surface area (Å²) in [5.41, 5.74) is 0.807. The van der Waals surface area contributed by atoms with E-state index in [1.807, 2.05) is 18.0 Å². The topological polar surface area (TPSA) is 160 Å². The highest BCUT2D eigenvalue weighted by Gasteiger charge is 2.33. The summed E-state index contributed by atoms with van der Waals surface area (Å²) in [5.74, 6) is -2.02. The van der Waals surface area contributed by atoms with Crippen LogP contribution in [-0.4, -0.2) is 78.0 Å². The fourth-order valence-electron chi connectivity index (χ4n) is 6.70. The van der Waals surface area contributed by atoms with Gasteiger partial charge < -0.3 is 29.0 Å². The number of aromatic nitrogens is 5. The molecule has 2 aromatic carbocycles. The molecule has 16 heteroatoms. The number of carboxylic acid groups (broad SMARTS) is 1. The highest BCUT2D eigenvalue weighted by molar-refractivity contribution is 6.31. The number of nitroso groups, excluding NO2 is 1. The molecule has 5 aromatic rings. The average Bonchev–Trinajstić information content (AvgIpc) is 3.75. The number of aromatic hydroxyl groups is 1. The maximum Gasteiger partial charge on any atom is 0.341 e. The van der Waals surface area contributed by atoms with E-state index in [9.17, 15) is 24.7 Å². The standard InChI is InChI=1S/C32H32ClFN8O6/c1-17-13-39(28-24(34)12-22-27(30(28)48-2)42(20-4-5-20)16-23(29(22)43)32(45)46)8-7-38(17)14-19-15-40(37-35-19)9-10-41-25-6-3-18(33)11-21(25)26(36-47)31(41)44/h3,6,11-12,15-17,20,44H,4-5,7-10,13-14H2,1-2H3,(H,45,46). The van der Waals surface area contributed by atoms with Crippen LogP contribution in [0.4, 0.5) is 15.8 Å². The lowest BCUT2D eigenvalue weighted by atomic mass is 10.1. The number of pyridine rings is 1. The second kappa shape index (κ2) is 12.2. The van der Waals surface area contributed by atoms with Gasteiger partial charge in [0.15, 0.2) is 17.3 Å². The highest BCUT2D eigenvalue weighted by atomic mass is 35.5. The molecule has 250 valence electrons. The van der Waals surface area contributed by atoms with E-state index < -0.39 is 22.8 Å². The third-order valence-corrected chi connectivity index (χ3v) is 9.46. The molecule has 1 saturated heterocycles. The fourth-order valence-corrected chi connectivity index (χ4v) is 6.87. The van der Waals surface area contributed by atoms with Crippen LogP contribution in [0.1, 0.15) is 41.9 Å². The zero-order valence-electron chi connectivity index (χ0n) is 26.1. The van der Waals surface area contributed by atoms with E-state index in [1.165, 1.54) is 13.3 Å². The van der Waals surface area contributed by atoms with Crippen molar-refractivity contribution in [3.05, 3.63) is 73.9 Å². The molecule has 0 bridgehead atoms. The van der Waals surface area contributed by atoms with E-state index in [-0.39, 0.29) is 40.5 Å². The Bertz CT molecular complexity index is 2160. The van der Waals surface area contributed by atoms with Gasteiger partial charge in [0.2, 0.25) is 11.3 Å². The zero-order valence-corrected chi connectivity index (χ0v) is 26.9. The predicted molar refractivity (Wildman–Crippen MR) is 176 cm³/mol. The Balaban J connectivity index is 1.07. The SMILES string of the molecule is COc1c(N2CCN(Cc3cn(CCn4c(O)c(N=O)c5cc(Cl)ccc54)nn3)C(C)C2)c(F)cc2c(=O)c(C(=O)O)cn(C3CC3)c12. The highest BCUT2D eigenvalue weighted by Crippen LogP contribution is 2.44. The van der Waals surface area contributed by atoms with Crippen LogP contribution in [0.5, 0.6) is 11.6 Å². The number of hydrogen-bond acceptors (Lipinski definition) is 10. The van der Waals surface area contributed by atoms with E-state index in [2.05, 4.69) is 20.4 Å². The first-order valence-corrected chi connectivity index (χ1v) is 15.9. The molecule has 4 heterocycles. The van der Waals surface area contributed by atoms with Gasteiger partial charge in [-0.3, -0.25) is 14.4 Å². The van der Waals surface area contributed by atoms with Crippen LogP contribution in [0.25, 0.3) is 21.8 Å². The van der Waals surface area contributed by atoms with Crippen molar-refractivity contribution in [3.63, 3.8) is 0 Å². The second-order valence-electron chi connectivity index (χ2n) is 12.3. The lowest BCUT2D eigenvalue weighted by molar-refractivity contribution is 0.0694. The van der Waals surface area contributed by atoms with Gasteiger partial charge >= 0.3 is 5.97 Å². The van der Waals surface area contributed by atoms with Gasteiger partial charge in [-0.05, 0) is 49.2 Å². The summed E-state index contributed by atoms with van der Waals surface area (Å²) in [6, 6.07) is 6.12. The second-order valence-corrected chi connectivity index (χ2v) is 12.7. The van der Waals surface area contributed by atoms with Crippen molar-refractivity contribution in [1.82, 2.24) is 29.0 Å². The van der Waals surface area contributed by atoms with Crippen LogP contribution in [0.3, 0.4) is 0 Å². The molecule has 1 atom stereocenters. The van der Waals surface area contributed by atoms with Crippen molar-refractivity contribution in [2.75, 3.05) is 31.6 Å². The molecule has 3 aromatic heterocycles. The number of methoxy groups -OCH3 is 1. The van der Waals surface area contributed by atoms with Gasteiger partial charge in [-0.15, -0.1) is 10.0 Å². The van der Waals surface area contributed by atoms with Crippen molar-refractivity contribution in [2.24, 2.45) is 5.18 Å². The molecule has 0 radical (unpaired) electrons. The number of rotatable bonds is 10. The van der Waals surface area contributed by atoms with Gasteiger partial charge in [0.05, 0.1) is 35.8 Å². The molecule has 0 spiro atoms. The number of carbonyl (C=O) groups is 1. The van der Waals surface area contributed by atoms with Crippen LogP contribution < -0.4 is 15.1 Å². The molecule has 2 aliphatic rings. The summed E-state index contributed by atoms with van der Waals surface area (Å²) >= 11 is 6.08. The molecule has 48 heavy (non-hydrogen) atoms. The summed E-state index contributed by atoms with van der Waals surface area (Å²) in [4.78, 5) is 40.4. The van der Waals surface area contributed by atoms with Crippen molar-refractivity contribution < 1.29 is 24.1 Å². The van der Waals surface area contributed by atoms with E-state index in [0.717, 1.165) is 24.6 Å². The number of piperazine rings is 1. The molecule has 1 aliphatic carbocycles. The van der Waals surface area contributed by atoms with Crippen molar-refractivity contribution in [3.8, 4) is 11.6 Å². The van der Waals surface area contributed by atoms with Crippen LogP contribution >= 0.6 is 11.6 Å². The molecule has 1 saturated carbocycles. The maximum atomic E-state index is 15.8. The lowest BCUT2D eigenvalue weighted by Crippen LogP contribution is -2.51. The third kappa shape index (κ3) is 5.42.